The number of allylic oxidation sites excluding steroid dienone is 2. The highest BCUT2D eigenvalue weighted by Crippen LogP contribution is 2.21. The number of hydrogen-bond acceptors (Lipinski definition) is 10. The minimum absolute atomic E-state index is 0.117. The van der Waals surface area contributed by atoms with Crippen LogP contribution in [0.25, 0.3) is 0 Å². The summed E-state index contributed by atoms with van der Waals surface area (Å²) >= 11 is 0. The largest absolute Gasteiger partial charge is 0.394 e. The monoisotopic (exact) mass is 480 g/mol. The van der Waals surface area contributed by atoms with E-state index in [9.17, 15) is 40.9 Å². The molecule has 0 amide bonds. The SMILES string of the molecule is OCC1C(O)C(O)C(O)CN1/C=C/Cc1ccc(C/C=C/N2CC(O)C(O)C(O)C2CO)cc1. The van der Waals surface area contributed by atoms with Gasteiger partial charge in [-0.05, 0) is 36.4 Å². The third-order valence-electron chi connectivity index (χ3n) is 6.62. The van der Waals surface area contributed by atoms with Gasteiger partial charge in [0, 0.05) is 13.1 Å². The van der Waals surface area contributed by atoms with Gasteiger partial charge in [0.2, 0.25) is 0 Å². The first-order chi connectivity index (χ1) is 16.3. The van der Waals surface area contributed by atoms with Gasteiger partial charge >= 0.3 is 0 Å². The number of β-amino-alcohol motifs (C(OH)–C–C–N with tert-alkyl or cyclic N) is 2. The molecule has 0 aliphatic carbocycles. The van der Waals surface area contributed by atoms with E-state index in [0.29, 0.717) is 12.8 Å². The summed E-state index contributed by atoms with van der Waals surface area (Å²) in [6.45, 7) is -0.447. The number of likely N-dealkylation sites (tertiary alicyclic amines) is 2. The molecule has 34 heavy (non-hydrogen) atoms. The second-order valence-corrected chi connectivity index (χ2v) is 8.98. The molecule has 190 valence electrons. The molecule has 0 saturated carbocycles. The topological polar surface area (TPSA) is 168 Å². The van der Waals surface area contributed by atoms with Crippen molar-refractivity contribution in [3.63, 3.8) is 0 Å². The van der Waals surface area contributed by atoms with Crippen LogP contribution in [0.4, 0.5) is 0 Å². The van der Waals surface area contributed by atoms with E-state index in [1.54, 1.807) is 22.2 Å². The van der Waals surface area contributed by atoms with E-state index >= 15 is 0 Å². The Bertz CT molecular complexity index is 753. The molecule has 3 rings (SSSR count). The first-order valence-electron chi connectivity index (χ1n) is 11.5. The van der Waals surface area contributed by atoms with Crippen molar-refractivity contribution in [2.45, 2.75) is 61.5 Å². The van der Waals surface area contributed by atoms with Gasteiger partial charge in [-0.3, -0.25) is 0 Å². The summed E-state index contributed by atoms with van der Waals surface area (Å²) in [5, 5.41) is 78.4. The van der Waals surface area contributed by atoms with E-state index in [1.807, 2.05) is 36.4 Å². The van der Waals surface area contributed by atoms with Crippen molar-refractivity contribution in [1.29, 1.82) is 0 Å². The van der Waals surface area contributed by atoms with Crippen LogP contribution in [0.1, 0.15) is 11.1 Å². The van der Waals surface area contributed by atoms with Gasteiger partial charge in [-0.1, -0.05) is 36.4 Å². The van der Waals surface area contributed by atoms with Gasteiger partial charge in [0.05, 0.1) is 37.5 Å². The quantitative estimate of drug-likeness (QED) is 0.196. The Morgan fingerprint density at radius 3 is 1.29 bits per heavy atom. The Morgan fingerprint density at radius 1 is 0.618 bits per heavy atom. The molecule has 2 aliphatic rings. The molecule has 1 aromatic rings. The Labute approximate surface area is 198 Å². The van der Waals surface area contributed by atoms with E-state index in [0.717, 1.165) is 11.1 Å². The van der Waals surface area contributed by atoms with Gasteiger partial charge in [-0.25, -0.2) is 0 Å². The van der Waals surface area contributed by atoms with Crippen molar-refractivity contribution in [3.8, 4) is 0 Å². The summed E-state index contributed by atoms with van der Waals surface area (Å²) in [5.41, 5.74) is 2.08. The van der Waals surface area contributed by atoms with Crippen LogP contribution in [0.2, 0.25) is 0 Å². The Balaban J connectivity index is 1.52. The lowest BCUT2D eigenvalue weighted by atomic mass is 9.94. The zero-order valence-corrected chi connectivity index (χ0v) is 19.0. The van der Waals surface area contributed by atoms with Crippen LogP contribution in [0.15, 0.2) is 48.8 Å². The zero-order chi connectivity index (χ0) is 24.8. The molecule has 8 N–H and O–H groups in total. The molecule has 0 spiro atoms. The zero-order valence-electron chi connectivity index (χ0n) is 19.0. The summed E-state index contributed by atoms with van der Waals surface area (Å²) in [4.78, 5) is 3.27. The number of aliphatic hydroxyl groups excluding tert-OH is 8. The maximum absolute atomic E-state index is 10.0. The molecule has 2 saturated heterocycles. The smallest absolute Gasteiger partial charge is 0.110 e. The maximum Gasteiger partial charge on any atom is 0.110 e. The number of nitrogens with zero attached hydrogens (tertiary/aromatic N) is 2. The fourth-order valence-corrected chi connectivity index (χ4v) is 4.45. The summed E-state index contributed by atoms with van der Waals surface area (Å²) in [5.74, 6) is 0. The second-order valence-electron chi connectivity index (χ2n) is 8.98. The maximum atomic E-state index is 10.0. The Hall–Kier alpha value is -2.02. The standard InChI is InChI=1S/C24H36N2O8/c27-13-17-21(31)23(33)19(29)11-25(17)9-1-3-15-5-7-16(8-6-15)4-2-10-26-12-20(30)24(34)22(32)18(26)14-28/h1-2,5-10,17-24,27-34H,3-4,11-14H2/b9-1+,10-2+. The Kier molecular flexibility index (Phi) is 9.46. The van der Waals surface area contributed by atoms with Crippen LogP contribution in [-0.4, -0.2) is 126 Å². The van der Waals surface area contributed by atoms with E-state index in [1.165, 1.54) is 0 Å². The second kappa shape index (κ2) is 12.1. The Morgan fingerprint density at radius 2 is 0.971 bits per heavy atom. The molecule has 0 bridgehead atoms. The lowest BCUT2D eigenvalue weighted by Gasteiger charge is -2.42. The van der Waals surface area contributed by atoms with Crippen molar-refractivity contribution in [1.82, 2.24) is 9.80 Å². The van der Waals surface area contributed by atoms with Crippen LogP contribution in [-0.2, 0) is 12.8 Å². The molecule has 10 heteroatoms. The molecule has 2 heterocycles. The molecule has 10 nitrogen and oxygen atoms in total. The molecule has 0 aromatic heterocycles. The van der Waals surface area contributed by atoms with Crippen molar-refractivity contribution in [2.24, 2.45) is 0 Å². The third kappa shape index (κ3) is 6.15. The highest BCUT2D eigenvalue weighted by atomic mass is 16.4. The molecule has 1 aromatic carbocycles. The molecule has 0 radical (unpaired) electrons. The van der Waals surface area contributed by atoms with E-state index in [-0.39, 0.29) is 26.3 Å². The summed E-state index contributed by atoms with van der Waals surface area (Å²) in [6, 6.07) is 6.53. The third-order valence-corrected chi connectivity index (χ3v) is 6.62. The predicted octanol–water partition coefficient (Wildman–Crippen LogP) is -2.68. The van der Waals surface area contributed by atoms with Crippen molar-refractivity contribution >= 4 is 0 Å². The highest BCUT2D eigenvalue weighted by Gasteiger charge is 2.40. The van der Waals surface area contributed by atoms with Crippen LogP contribution >= 0.6 is 0 Å². The molecule has 2 aliphatic heterocycles. The molecular weight excluding hydrogens is 444 g/mol. The van der Waals surface area contributed by atoms with Gasteiger partial charge in [-0.15, -0.1) is 0 Å². The first kappa shape index (κ1) is 26.6. The fourth-order valence-electron chi connectivity index (χ4n) is 4.45. The average molecular weight is 481 g/mol. The summed E-state index contributed by atoms with van der Waals surface area (Å²) in [7, 11) is 0. The van der Waals surface area contributed by atoms with Crippen LogP contribution in [0, 0.1) is 0 Å². The lowest BCUT2D eigenvalue weighted by Crippen LogP contribution is -2.60. The summed E-state index contributed by atoms with van der Waals surface area (Å²) in [6.07, 6.45) is 1.14. The normalized spacial score (nSPS) is 34.9. The number of piperidine rings is 2. The van der Waals surface area contributed by atoms with E-state index in [2.05, 4.69) is 0 Å². The van der Waals surface area contributed by atoms with Gasteiger partial charge in [0.15, 0.2) is 0 Å². The first-order valence-corrected chi connectivity index (χ1v) is 11.5. The molecule has 8 unspecified atom stereocenters. The summed E-state index contributed by atoms with van der Waals surface area (Å²) < 4.78 is 0. The lowest BCUT2D eigenvalue weighted by molar-refractivity contribution is -0.133. The van der Waals surface area contributed by atoms with Crippen LogP contribution in [0.3, 0.4) is 0 Å². The van der Waals surface area contributed by atoms with Crippen molar-refractivity contribution in [3.05, 3.63) is 59.9 Å². The van der Waals surface area contributed by atoms with Gasteiger partial charge in [-0.2, -0.15) is 0 Å². The average Bonchev–Trinajstić information content (AvgIpc) is 2.82. The number of hydrogen-bond donors (Lipinski definition) is 8. The number of rotatable bonds is 8. The van der Waals surface area contributed by atoms with Crippen LogP contribution < -0.4 is 0 Å². The van der Waals surface area contributed by atoms with E-state index in [4.69, 9.17) is 0 Å². The van der Waals surface area contributed by atoms with Crippen molar-refractivity contribution in [2.75, 3.05) is 26.3 Å². The number of benzene rings is 1. The van der Waals surface area contributed by atoms with Crippen LogP contribution in [0.5, 0.6) is 0 Å². The molecule has 2 fully saturated rings. The minimum Gasteiger partial charge on any atom is -0.394 e. The van der Waals surface area contributed by atoms with Crippen molar-refractivity contribution < 1.29 is 40.9 Å². The minimum atomic E-state index is -1.28. The fraction of sp³-hybridized carbons (Fsp3) is 0.583. The van der Waals surface area contributed by atoms with Gasteiger partial charge < -0.3 is 50.7 Å². The van der Waals surface area contributed by atoms with Gasteiger partial charge in [0.1, 0.15) is 24.4 Å². The van der Waals surface area contributed by atoms with E-state index < -0.39 is 48.7 Å². The molecule has 8 atom stereocenters. The predicted molar refractivity (Wildman–Crippen MR) is 123 cm³/mol. The number of aliphatic hydroxyl groups is 8. The van der Waals surface area contributed by atoms with Gasteiger partial charge in [0.25, 0.3) is 0 Å². The highest BCUT2D eigenvalue weighted by molar-refractivity contribution is 5.25. The molecular formula is C24H36N2O8.